The molecule has 0 saturated carbocycles. The first kappa shape index (κ1) is 13.8. The molecule has 0 radical (unpaired) electrons. The molecule has 108 valence electrons. The molecular weight excluding hydrogens is 284 g/mol. The van der Waals surface area contributed by atoms with Crippen LogP contribution in [0.5, 0.6) is 0 Å². The third-order valence-corrected chi connectivity index (χ3v) is 4.50. The molecule has 0 amide bonds. The highest BCUT2D eigenvalue weighted by Gasteiger charge is 2.18. The average Bonchev–Trinajstić information content (AvgIpc) is 3.00. The van der Waals surface area contributed by atoms with E-state index in [1.165, 1.54) is 16.9 Å². The van der Waals surface area contributed by atoms with Crippen molar-refractivity contribution in [1.82, 2.24) is 9.38 Å². The Morgan fingerprint density at radius 2 is 2.00 bits per heavy atom. The van der Waals surface area contributed by atoms with Gasteiger partial charge in [-0.1, -0.05) is 41.2 Å². The minimum atomic E-state index is -0.276. The summed E-state index contributed by atoms with van der Waals surface area (Å²) in [6.07, 6.45) is 1.97. The van der Waals surface area contributed by atoms with E-state index in [4.69, 9.17) is 4.74 Å². The summed E-state index contributed by atoms with van der Waals surface area (Å²) in [4.78, 5) is 17.9. The first-order valence-electron chi connectivity index (χ1n) is 6.82. The van der Waals surface area contributed by atoms with Gasteiger partial charge in [-0.25, -0.2) is 9.78 Å². The van der Waals surface area contributed by atoms with Crippen molar-refractivity contribution in [3.05, 3.63) is 46.6 Å². The maximum Gasteiger partial charge on any atom is 0.350 e. The molecule has 0 saturated heterocycles. The van der Waals surface area contributed by atoms with Crippen LogP contribution in [-0.2, 0) is 4.74 Å². The van der Waals surface area contributed by atoms with E-state index in [9.17, 15) is 4.79 Å². The third-order valence-electron chi connectivity index (χ3n) is 3.37. The molecule has 21 heavy (non-hydrogen) atoms. The predicted molar refractivity (Wildman–Crippen MR) is 83.9 cm³/mol. The number of benzene rings is 1. The van der Waals surface area contributed by atoms with Crippen LogP contribution in [0.1, 0.15) is 27.9 Å². The number of hydrogen-bond acceptors (Lipinski definition) is 4. The largest absolute Gasteiger partial charge is 0.462 e. The van der Waals surface area contributed by atoms with Gasteiger partial charge in [0.05, 0.1) is 12.3 Å². The monoisotopic (exact) mass is 300 g/mol. The van der Waals surface area contributed by atoms with Gasteiger partial charge in [-0.15, -0.1) is 0 Å². The zero-order valence-electron chi connectivity index (χ0n) is 12.2. The van der Waals surface area contributed by atoms with Crippen LogP contribution >= 0.6 is 11.3 Å². The van der Waals surface area contributed by atoms with E-state index in [0.717, 1.165) is 21.9 Å². The van der Waals surface area contributed by atoms with E-state index in [0.29, 0.717) is 11.5 Å². The molecule has 0 aliphatic rings. The van der Waals surface area contributed by atoms with Crippen LogP contribution in [0.3, 0.4) is 0 Å². The Morgan fingerprint density at radius 1 is 1.29 bits per heavy atom. The fourth-order valence-corrected chi connectivity index (χ4v) is 3.20. The molecule has 0 bridgehead atoms. The van der Waals surface area contributed by atoms with Gasteiger partial charge in [0.15, 0.2) is 4.96 Å². The summed E-state index contributed by atoms with van der Waals surface area (Å²) in [5, 5.41) is 0. The molecule has 3 rings (SSSR count). The minimum Gasteiger partial charge on any atom is -0.462 e. The van der Waals surface area contributed by atoms with Gasteiger partial charge in [-0.2, -0.15) is 0 Å². The van der Waals surface area contributed by atoms with E-state index in [1.807, 2.05) is 17.5 Å². The molecule has 0 spiro atoms. The molecule has 0 aliphatic heterocycles. The molecule has 2 heterocycles. The van der Waals surface area contributed by atoms with Gasteiger partial charge in [-0.05, 0) is 20.8 Å². The summed E-state index contributed by atoms with van der Waals surface area (Å²) in [7, 11) is 0. The number of ether oxygens (including phenoxy) is 1. The Bertz CT molecular complexity index is 800. The first-order chi connectivity index (χ1) is 10.1. The molecule has 1 aromatic carbocycles. The second-order valence-electron chi connectivity index (χ2n) is 4.88. The lowest BCUT2D eigenvalue weighted by atomic mass is 10.1. The van der Waals surface area contributed by atoms with Crippen LogP contribution in [0.15, 0.2) is 30.5 Å². The fourth-order valence-electron chi connectivity index (χ4n) is 2.20. The SMILES string of the molecule is CCOC(=O)c1sc2nc(-c3ccc(C)cc3)cn2c1C. The summed E-state index contributed by atoms with van der Waals surface area (Å²) in [6.45, 7) is 6.16. The molecule has 4 nitrogen and oxygen atoms in total. The van der Waals surface area contributed by atoms with Crippen LogP contribution in [0, 0.1) is 13.8 Å². The van der Waals surface area contributed by atoms with Gasteiger partial charge in [0.1, 0.15) is 4.88 Å². The number of thiazole rings is 1. The van der Waals surface area contributed by atoms with Crippen molar-refractivity contribution in [3.63, 3.8) is 0 Å². The normalized spacial score (nSPS) is 11.0. The maximum atomic E-state index is 11.9. The topological polar surface area (TPSA) is 43.6 Å². The first-order valence-corrected chi connectivity index (χ1v) is 7.64. The number of nitrogens with zero attached hydrogens (tertiary/aromatic N) is 2. The lowest BCUT2D eigenvalue weighted by molar-refractivity contribution is 0.0531. The number of imidazole rings is 1. The Kier molecular flexibility index (Phi) is 3.51. The van der Waals surface area contributed by atoms with E-state index >= 15 is 0 Å². The predicted octanol–water partition coefficient (Wildman–Crippen LogP) is 3.86. The number of fused-ring (bicyclic) bond motifs is 1. The second-order valence-corrected chi connectivity index (χ2v) is 5.86. The highest BCUT2D eigenvalue weighted by molar-refractivity contribution is 7.19. The standard InChI is InChI=1S/C16H16N2O2S/c1-4-20-15(19)14-11(3)18-9-13(17-16(18)21-14)12-7-5-10(2)6-8-12/h5-9H,4H2,1-3H3. The summed E-state index contributed by atoms with van der Waals surface area (Å²) in [6, 6.07) is 8.26. The van der Waals surface area contributed by atoms with Crippen LogP contribution in [0.25, 0.3) is 16.2 Å². The van der Waals surface area contributed by atoms with Crippen molar-refractivity contribution < 1.29 is 9.53 Å². The molecule has 0 aliphatic carbocycles. The summed E-state index contributed by atoms with van der Waals surface area (Å²) >= 11 is 1.37. The molecule has 0 fully saturated rings. The zero-order valence-corrected chi connectivity index (χ0v) is 13.0. The summed E-state index contributed by atoms with van der Waals surface area (Å²) in [5.41, 5.74) is 4.09. The lowest BCUT2D eigenvalue weighted by Crippen LogP contribution is -2.04. The van der Waals surface area contributed by atoms with Crippen molar-refractivity contribution in [1.29, 1.82) is 0 Å². The van der Waals surface area contributed by atoms with Gasteiger partial charge in [0, 0.05) is 17.5 Å². The van der Waals surface area contributed by atoms with Crippen LogP contribution in [-0.4, -0.2) is 22.0 Å². The number of esters is 1. The van der Waals surface area contributed by atoms with Crippen molar-refractivity contribution in [3.8, 4) is 11.3 Å². The van der Waals surface area contributed by atoms with Crippen molar-refractivity contribution in [2.24, 2.45) is 0 Å². The number of carbonyl (C=O) groups excluding carboxylic acids is 1. The molecule has 0 unspecified atom stereocenters. The van der Waals surface area contributed by atoms with E-state index in [1.54, 1.807) is 6.92 Å². The zero-order chi connectivity index (χ0) is 15.0. The van der Waals surface area contributed by atoms with Crippen LogP contribution < -0.4 is 0 Å². The number of carbonyl (C=O) groups is 1. The third kappa shape index (κ3) is 2.45. The summed E-state index contributed by atoms with van der Waals surface area (Å²) in [5.74, 6) is -0.276. The molecule has 3 aromatic rings. The van der Waals surface area contributed by atoms with Crippen molar-refractivity contribution in [2.75, 3.05) is 6.61 Å². The number of aromatic nitrogens is 2. The lowest BCUT2D eigenvalue weighted by Gasteiger charge is -2.00. The van der Waals surface area contributed by atoms with Crippen LogP contribution in [0.2, 0.25) is 0 Å². The van der Waals surface area contributed by atoms with Gasteiger partial charge >= 0.3 is 5.97 Å². The molecular formula is C16H16N2O2S. The Morgan fingerprint density at radius 3 is 2.62 bits per heavy atom. The quantitative estimate of drug-likeness (QED) is 0.690. The summed E-state index contributed by atoms with van der Waals surface area (Å²) < 4.78 is 7.02. The van der Waals surface area contributed by atoms with Crippen LogP contribution in [0.4, 0.5) is 0 Å². The van der Waals surface area contributed by atoms with Gasteiger partial charge < -0.3 is 4.74 Å². The molecule has 5 heteroatoms. The fraction of sp³-hybridized carbons (Fsp3) is 0.250. The van der Waals surface area contributed by atoms with E-state index < -0.39 is 0 Å². The van der Waals surface area contributed by atoms with Crippen molar-refractivity contribution in [2.45, 2.75) is 20.8 Å². The van der Waals surface area contributed by atoms with Gasteiger partial charge in [0.25, 0.3) is 0 Å². The van der Waals surface area contributed by atoms with Crippen molar-refractivity contribution >= 4 is 22.3 Å². The number of rotatable bonds is 3. The Balaban J connectivity index is 2.02. The van der Waals surface area contributed by atoms with E-state index in [2.05, 4.69) is 36.2 Å². The smallest absolute Gasteiger partial charge is 0.350 e. The van der Waals surface area contributed by atoms with Gasteiger partial charge in [0.2, 0.25) is 0 Å². The van der Waals surface area contributed by atoms with Gasteiger partial charge in [-0.3, -0.25) is 4.40 Å². The highest BCUT2D eigenvalue weighted by atomic mass is 32.1. The molecule has 0 atom stereocenters. The number of aryl methyl sites for hydroxylation is 2. The second kappa shape index (κ2) is 5.33. The molecule has 0 N–H and O–H groups in total. The highest BCUT2D eigenvalue weighted by Crippen LogP contribution is 2.27. The Hall–Kier alpha value is -2.14. The average molecular weight is 300 g/mol. The molecule has 2 aromatic heterocycles. The number of hydrogen-bond donors (Lipinski definition) is 0. The Labute approximate surface area is 127 Å². The van der Waals surface area contributed by atoms with E-state index in [-0.39, 0.29) is 5.97 Å². The minimum absolute atomic E-state index is 0.276. The maximum absolute atomic E-state index is 11.9.